The summed E-state index contributed by atoms with van der Waals surface area (Å²) in [5.41, 5.74) is 5.65. The fourth-order valence-electron chi connectivity index (χ4n) is 5.51. The number of hydrogen-bond donors (Lipinski definition) is 2. The molecule has 0 bridgehead atoms. The number of nitrogens with zero attached hydrogens (tertiary/aromatic N) is 5. The Bertz CT molecular complexity index is 1680. The number of aromatic nitrogens is 4. The Morgan fingerprint density at radius 3 is 2.63 bits per heavy atom. The predicted molar refractivity (Wildman–Crippen MR) is 146 cm³/mol. The van der Waals surface area contributed by atoms with Gasteiger partial charge in [0.2, 0.25) is 0 Å². The van der Waals surface area contributed by atoms with Crippen molar-refractivity contribution in [1.29, 1.82) is 0 Å². The molecule has 0 unspecified atom stereocenters. The van der Waals surface area contributed by atoms with Crippen molar-refractivity contribution >= 4 is 34.6 Å². The van der Waals surface area contributed by atoms with Crippen LogP contribution in [0.1, 0.15) is 39.2 Å². The van der Waals surface area contributed by atoms with Crippen LogP contribution >= 0.6 is 11.6 Å². The molecule has 190 valence electrons. The lowest BCUT2D eigenvalue weighted by Crippen LogP contribution is -2.51. The molecule has 3 aromatic carbocycles. The number of rotatable bonds is 5. The molecule has 8 nitrogen and oxygen atoms in total. The first-order valence-electron chi connectivity index (χ1n) is 12.3. The van der Waals surface area contributed by atoms with E-state index in [1.807, 2.05) is 43.3 Å². The lowest BCUT2D eigenvalue weighted by molar-refractivity contribution is 0.0868. The average molecular weight is 525 g/mol. The molecule has 0 radical (unpaired) electrons. The molecule has 2 N–H and O–H groups in total. The lowest BCUT2D eigenvalue weighted by atomic mass is 9.81. The zero-order valence-corrected chi connectivity index (χ0v) is 21.4. The molecular weight excluding hydrogens is 500 g/mol. The predicted octanol–water partition coefficient (Wildman–Crippen LogP) is 5.26. The summed E-state index contributed by atoms with van der Waals surface area (Å²) < 4.78 is 3.97. The third-order valence-electron chi connectivity index (χ3n) is 7.37. The van der Waals surface area contributed by atoms with Gasteiger partial charge in [0, 0.05) is 27.8 Å². The summed E-state index contributed by atoms with van der Waals surface area (Å²) in [7, 11) is 0. The number of oxime groups is 1. The summed E-state index contributed by atoms with van der Waals surface area (Å²) in [5.74, 6) is -0.248. The number of amides is 1. The van der Waals surface area contributed by atoms with Crippen molar-refractivity contribution in [2.24, 2.45) is 5.16 Å². The van der Waals surface area contributed by atoms with Gasteiger partial charge in [-0.2, -0.15) is 0 Å². The van der Waals surface area contributed by atoms with Gasteiger partial charge in [-0.25, -0.2) is 0 Å². The van der Waals surface area contributed by atoms with Crippen molar-refractivity contribution in [3.05, 3.63) is 112 Å². The molecule has 0 aliphatic carbocycles. The maximum atomic E-state index is 13.7. The largest absolute Gasteiger partial charge is 0.411 e. The normalized spacial score (nSPS) is 17.1. The van der Waals surface area contributed by atoms with Crippen LogP contribution in [0, 0.1) is 6.92 Å². The maximum absolute atomic E-state index is 13.7. The van der Waals surface area contributed by atoms with Crippen LogP contribution in [0.25, 0.3) is 16.6 Å². The zero-order chi connectivity index (χ0) is 26.3. The number of benzene rings is 3. The number of carbonyl (C=O) groups excluding carboxylic acids is 1. The van der Waals surface area contributed by atoms with Crippen LogP contribution in [0.3, 0.4) is 0 Å². The molecule has 9 heteroatoms. The highest BCUT2D eigenvalue weighted by atomic mass is 35.5. The van der Waals surface area contributed by atoms with E-state index in [-0.39, 0.29) is 5.91 Å². The van der Waals surface area contributed by atoms with Gasteiger partial charge >= 0.3 is 0 Å². The molecule has 1 aliphatic heterocycles. The van der Waals surface area contributed by atoms with Crippen molar-refractivity contribution in [3.8, 4) is 5.69 Å². The van der Waals surface area contributed by atoms with Gasteiger partial charge in [-0.3, -0.25) is 9.36 Å². The topological polar surface area (TPSA) is 97.3 Å². The van der Waals surface area contributed by atoms with Gasteiger partial charge in [0.1, 0.15) is 12.7 Å². The van der Waals surface area contributed by atoms with E-state index in [9.17, 15) is 10.0 Å². The number of halogens is 1. The van der Waals surface area contributed by atoms with Gasteiger partial charge in [0.05, 0.1) is 28.9 Å². The van der Waals surface area contributed by atoms with E-state index in [4.69, 9.17) is 11.6 Å². The molecule has 3 heterocycles. The fourth-order valence-corrected chi connectivity index (χ4v) is 5.78. The Morgan fingerprint density at radius 2 is 1.89 bits per heavy atom. The van der Waals surface area contributed by atoms with Crippen molar-refractivity contribution in [1.82, 2.24) is 24.6 Å². The van der Waals surface area contributed by atoms with E-state index in [0.29, 0.717) is 30.0 Å². The number of aryl methyl sites for hydroxylation is 1. The summed E-state index contributed by atoms with van der Waals surface area (Å²) in [6.07, 6.45) is 6.02. The van der Waals surface area contributed by atoms with Crippen LogP contribution in [0.5, 0.6) is 0 Å². The van der Waals surface area contributed by atoms with Crippen LogP contribution < -0.4 is 5.32 Å². The molecule has 0 saturated carbocycles. The summed E-state index contributed by atoms with van der Waals surface area (Å²) >= 11 is 6.60. The van der Waals surface area contributed by atoms with Gasteiger partial charge in [-0.15, -0.1) is 10.2 Å². The van der Waals surface area contributed by atoms with Gasteiger partial charge in [-0.1, -0.05) is 58.7 Å². The monoisotopic (exact) mass is 524 g/mol. The Kier molecular flexibility index (Phi) is 5.96. The van der Waals surface area contributed by atoms with E-state index in [0.717, 1.165) is 39.0 Å². The highest BCUT2D eigenvalue weighted by molar-refractivity contribution is 6.34. The Labute approximate surface area is 224 Å². The van der Waals surface area contributed by atoms with Crippen LogP contribution in [0.4, 0.5) is 0 Å². The van der Waals surface area contributed by atoms with Crippen LogP contribution in [-0.2, 0) is 18.5 Å². The number of nitrogens with one attached hydrogen (secondary N) is 1. The molecule has 5 aromatic rings. The first-order chi connectivity index (χ1) is 18.5. The minimum absolute atomic E-state index is 0.248. The molecule has 1 aliphatic rings. The molecule has 1 amide bonds. The molecule has 38 heavy (non-hydrogen) atoms. The van der Waals surface area contributed by atoms with E-state index in [2.05, 4.69) is 43.4 Å². The highest BCUT2D eigenvalue weighted by Gasteiger charge is 2.40. The Balaban J connectivity index is 1.42. The van der Waals surface area contributed by atoms with Crippen molar-refractivity contribution in [2.75, 3.05) is 0 Å². The maximum Gasteiger partial charge on any atom is 0.253 e. The highest BCUT2D eigenvalue weighted by Crippen LogP contribution is 2.39. The molecular formula is C29H25ClN6O2. The zero-order valence-electron chi connectivity index (χ0n) is 20.7. The molecule has 6 rings (SSSR count). The third kappa shape index (κ3) is 4.03. The second-order valence-electron chi connectivity index (χ2n) is 9.65. The number of hydrogen-bond acceptors (Lipinski definition) is 5. The molecule has 0 fully saturated rings. The molecule has 0 spiro atoms. The SMILES string of the molecule is Cc1ccc2c(c1)c(C=NO)c1n2C[C@@](NC(=O)c2ccc(-n3cnnc3)cc2Cl)(c2ccccc2)CC1. The Hall–Kier alpha value is -4.43. The summed E-state index contributed by atoms with van der Waals surface area (Å²) in [4.78, 5) is 13.7. The Morgan fingerprint density at radius 1 is 1.11 bits per heavy atom. The van der Waals surface area contributed by atoms with Gasteiger partial charge in [0.25, 0.3) is 5.91 Å². The summed E-state index contributed by atoms with van der Waals surface area (Å²) in [5, 5.41) is 25.1. The van der Waals surface area contributed by atoms with Crippen molar-refractivity contribution in [2.45, 2.75) is 31.8 Å². The fraction of sp³-hybridized carbons (Fsp3) is 0.172. The first-order valence-corrected chi connectivity index (χ1v) is 12.7. The second kappa shape index (κ2) is 9.46. The standard InChI is InChI=1S/C29H25ClN6O2/c1-19-7-10-26-23(13-19)24(15-33-38)27-11-12-29(16-36(26)27,20-5-3-2-4-6-20)34-28(37)22-9-8-21(14-25(22)30)35-17-31-32-18-35/h2-10,13-15,17-18,38H,11-12,16H2,1H3,(H,34,37)/t29-/m1/s1. The van der Waals surface area contributed by atoms with Gasteiger partial charge in [-0.05, 0) is 55.7 Å². The van der Waals surface area contributed by atoms with Crippen LogP contribution in [0.2, 0.25) is 5.02 Å². The average Bonchev–Trinajstić information content (AvgIpc) is 3.56. The van der Waals surface area contributed by atoms with Crippen LogP contribution in [-0.4, -0.2) is 36.7 Å². The minimum atomic E-state index is -0.675. The molecule has 1 atom stereocenters. The summed E-state index contributed by atoms with van der Waals surface area (Å²) in [6, 6.07) is 21.6. The molecule has 0 saturated heterocycles. The summed E-state index contributed by atoms with van der Waals surface area (Å²) in [6.45, 7) is 2.57. The molecule has 2 aromatic heterocycles. The number of fused-ring (bicyclic) bond motifs is 3. The quantitative estimate of drug-likeness (QED) is 0.186. The van der Waals surface area contributed by atoms with Crippen molar-refractivity contribution in [3.63, 3.8) is 0 Å². The van der Waals surface area contributed by atoms with E-state index >= 15 is 0 Å². The van der Waals surface area contributed by atoms with Gasteiger partial charge in [0.15, 0.2) is 0 Å². The van der Waals surface area contributed by atoms with E-state index in [1.165, 1.54) is 6.21 Å². The number of carbonyl (C=O) groups is 1. The minimum Gasteiger partial charge on any atom is -0.411 e. The van der Waals surface area contributed by atoms with E-state index < -0.39 is 5.54 Å². The van der Waals surface area contributed by atoms with Crippen LogP contribution in [0.15, 0.2) is 84.5 Å². The second-order valence-corrected chi connectivity index (χ2v) is 10.1. The van der Waals surface area contributed by atoms with Gasteiger partial charge < -0.3 is 15.1 Å². The van der Waals surface area contributed by atoms with E-state index in [1.54, 1.807) is 29.4 Å². The third-order valence-corrected chi connectivity index (χ3v) is 7.68. The lowest BCUT2D eigenvalue weighted by Gasteiger charge is -2.40. The first kappa shape index (κ1) is 23.9. The van der Waals surface area contributed by atoms with Crippen molar-refractivity contribution < 1.29 is 10.0 Å². The smallest absolute Gasteiger partial charge is 0.253 e.